The lowest BCUT2D eigenvalue weighted by molar-refractivity contribution is 0.383. The highest BCUT2D eigenvalue weighted by molar-refractivity contribution is 6.30. The van der Waals surface area contributed by atoms with E-state index in [0.29, 0.717) is 22.4 Å². The average molecular weight is 306 g/mol. The molecule has 0 N–H and O–H groups in total. The minimum atomic E-state index is -0.482. The van der Waals surface area contributed by atoms with Gasteiger partial charge in [-0.1, -0.05) is 47.1 Å². The Bertz CT molecular complexity index is 698. The first-order valence-corrected chi connectivity index (χ1v) is 6.70. The highest BCUT2D eigenvalue weighted by atomic mass is 35.5. The molecule has 0 spiro atoms. The smallest absolute Gasteiger partial charge is 0.249 e. The van der Waals surface area contributed by atoms with E-state index in [9.17, 15) is 0 Å². The van der Waals surface area contributed by atoms with Crippen molar-refractivity contribution in [3.05, 3.63) is 65.1 Å². The zero-order chi connectivity index (χ0) is 13.9. The fourth-order valence-electron chi connectivity index (χ4n) is 1.71. The lowest BCUT2D eigenvalue weighted by Crippen LogP contribution is -1.93. The van der Waals surface area contributed by atoms with Crippen molar-refractivity contribution in [3.63, 3.8) is 0 Å². The van der Waals surface area contributed by atoms with Gasteiger partial charge in [0.2, 0.25) is 11.7 Å². The molecule has 0 aliphatic rings. The minimum Gasteiger partial charge on any atom is -0.337 e. The molecule has 1 aromatic carbocycles. The number of pyridine rings is 1. The quantitative estimate of drug-likeness (QED) is 0.683. The van der Waals surface area contributed by atoms with E-state index in [-0.39, 0.29) is 0 Å². The van der Waals surface area contributed by atoms with Gasteiger partial charge in [0, 0.05) is 6.20 Å². The molecule has 3 rings (SSSR count). The van der Waals surface area contributed by atoms with Crippen LogP contribution in [0.25, 0.3) is 11.5 Å². The lowest BCUT2D eigenvalue weighted by atomic mass is 10.1. The number of hydrogen-bond donors (Lipinski definition) is 0. The number of halogens is 2. The molecule has 6 heteroatoms. The molecule has 100 valence electrons. The van der Waals surface area contributed by atoms with Crippen LogP contribution in [0.15, 0.2) is 53.2 Å². The van der Waals surface area contributed by atoms with Gasteiger partial charge in [0.15, 0.2) is 0 Å². The second kappa shape index (κ2) is 5.61. The van der Waals surface area contributed by atoms with Crippen molar-refractivity contribution >= 4 is 23.2 Å². The van der Waals surface area contributed by atoms with Gasteiger partial charge in [0.25, 0.3) is 0 Å². The average Bonchev–Trinajstić information content (AvgIpc) is 2.98. The van der Waals surface area contributed by atoms with Gasteiger partial charge in [-0.2, -0.15) is 4.98 Å². The monoisotopic (exact) mass is 305 g/mol. The van der Waals surface area contributed by atoms with Gasteiger partial charge in [-0.05, 0) is 17.7 Å². The topological polar surface area (TPSA) is 51.8 Å². The summed E-state index contributed by atoms with van der Waals surface area (Å²) in [7, 11) is 0. The third kappa shape index (κ3) is 2.66. The molecule has 1 unspecified atom stereocenters. The van der Waals surface area contributed by atoms with Crippen LogP contribution < -0.4 is 0 Å². The molecule has 0 aliphatic carbocycles. The third-order valence-corrected chi connectivity index (χ3v) is 3.37. The van der Waals surface area contributed by atoms with Crippen LogP contribution in [0, 0.1) is 0 Å². The molecule has 0 saturated heterocycles. The van der Waals surface area contributed by atoms with Crippen LogP contribution in [-0.2, 0) is 0 Å². The summed E-state index contributed by atoms with van der Waals surface area (Å²) in [5.74, 6) is 0.725. The Balaban J connectivity index is 1.89. The molecule has 0 saturated carbocycles. The third-order valence-electron chi connectivity index (χ3n) is 2.71. The van der Waals surface area contributed by atoms with Crippen LogP contribution in [0.4, 0.5) is 0 Å². The number of hydrogen-bond acceptors (Lipinski definition) is 4. The zero-order valence-corrected chi connectivity index (χ0v) is 11.7. The summed E-state index contributed by atoms with van der Waals surface area (Å²) in [6, 6.07) is 13.0. The molecule has 0 bridgehead atoms. The maximum atomic E-state index is 6.32. The maximum Gasteiger partial charge on any atom is 0.249 e. The van der Waals surface area contributed by atoms with Crippen LogP contribution in [0.3, 0.4) is 0 Å². The van der Waals surface area contributed by atoms with Crippen molar-refractivity contribution < 1.29 is 4.52 Å². The molecule has 4 nitrogen and oxygen atoms in total. The SMILES string of the molecule is Clc1ccc(-c2noc(C(Cl)c3ccccc3)n2)nc1. The summed E-state index contributed by atoms with van der Waals surface area (Å²) in [5.41, 5.74) is 1.48. The molecule has 0 radical (unpaired) electrons. The van der Waals surface area contributed by atoms with Crippen molar-refractivity contribution in [3.8, 4) is 11.5 Å². The van der Waals surface area contributed by atoms with E-state index in [1.165, 1.54) is 6.20 Å². The van der Waals surface area contributed by atoms with E-state index in [1.54, 1.807) is 12.1 Å². The number of nitrogens with zero attached hydrogens (tertiary/aromatic N) is 3. The Labute approximate surface area is 125 Å². The van der Waals surface area contributed by atoms with Gasteiger partial charge in [-0.15, -0.1) is 11.6 Å². The van der Waals surface area contributed by atoms with Crippen LogP contribution in [0.1, 0.15) is 16.8 Å². The Morgan fingerprint density at radius 3 is 2.55 bits per heavy atom. The Morgan fingerprint density at radius 1 is 1.05 bits per heavy atom. The van der Waals surface area contributed by atoms with Crippen LogP contribution in [0.2, 0.25) is 5.02 Å². The van der Waals surface area contributed by atoms with E-state index < -0.39 is 5.38 Å². The fourth-order valence-corrected chi connectivity index (χ4v) is 2.06. The first kappa shape index (κ1) is 13.1. The zero-order valence-electron chi connectivity index (χ0n) is 10.2. The van der Waals surface area contributed by atoms with Crippen molar-refractivity contribution in [2.24, 2.45) is 0 Å². The Hall–Kier alpha value is -1.91. The molecule has 0 aliphatic heterocycles. The van der Waals surface area contributed by atoms with Gasteiger partial charge in [-0.3, -0.25) is 4.98 Å². The summed E-state index contributed by atoms with van der Waals surface area (Å²) in [6.07, 6.45) is 1.53. The Morgan fingerprint density at radius 2 is 1.85 bits per heavy atom. The molecular formula is C14H9Cl2N3O. The number of aromatic nitrogens is 3. The van der Waals surface area contributed by atoms with Crippen molar-refractivity contribution in [2.45, 2.75) is 5.38 Å². The van der Waals surface area contributed by atoms with Gasteiger partial charge >= 0.3 is 0 Å². The summed E-state index contributed by atoms with van der Waals surface area (Å²) >= 11 is 12.1. The highest BCUT2D eigenvalue weighted by Crippen LogP contribution is 2.28. The maximum absolute atomic E-state index is 6.32. The van der Waals surface area contributed by atoms with Crippen molar-refractivity contribution in [2.75, 3.05) is 0 Å². The second-order valence-corrected chi connectivity index (χ2v) is 4.96. The summed E-state index contributed by atoms with van der Waals surface area (Å²) < 4.78 is 5.20. The van der Waals surface area contributed by atoms with E-state index in [0.717, 1.165) is 5.56 Å². The highest BCUT2D eigenvalue weighted by Gasteiger charge is 2.19. The number of rotatable bonds is 3. The molecule has 0 amide bonds. The Kier molecular flexibility index (Phi) is 3.67. The van der Waals surface area contributed by atoms with Gasteiger partial charge in [0.1, 0.15) is 11.1 Å². The number of benzene rings is 1. The van der Waals surface area contributed by atoms with Crippen molar-refractivity contribution in [1.29, 1.82) is 0 Å². The second-order valence-electron chi connectivity index (χ2n) is 4.09. The molecular weight excluding hydrogens is 297 g/mol. The molecule has 20 heavy (non-hydrogen) atoms. The van der Waals surface area contributed by atoms with Gasteiger partial charge < -0.3 is 4.52 Å². The molecule has 2 aromatic heterocycles. The first-order chi connectivity index (χ1) is 9.74. The lowest BCUT2D eigenvalue weighted by Gasteiger charge is -2.03. The minimum absolute atomic E-state index is 0.338. The standard InChI is InChI=1S/C14H9Cl2N3O/c15-10-6-7-11(17-8-10)13-18-14(20-19-13)12(16)9-4-2-1-3-5-9/h1-8,12H. The molecule has 0 fully saturated rings. The fraction of sp³-hybridized carbons (Fsp3) is 0.0714. The summed E-state index contributed by atoms with van der Waals surface area (Å²) in [4.78, 5) is 8.41. The normalized spacial score (nSPS) is 12.3. The molecule has 1 atom stereocenters. The molecule has 2 heterocycles. The first-order valence-electron chi connectivity index (χ1n) is 5.88. The predicted molar refractivity (Wildman–Crippen MR) is 76.7 cm³/mol. The van der Waals surface area contributed by atoms with Crippen LogP contribution >= 0.6 is 23.2 Å². The van der Waals surface area contributed by atoms with Gasteiger partial charge in [-0.25, -0.2) is 0 Å². The van der Waals surface area contributed by atoms with E-state index in [4.69, 9.17) is 27.7 Å². The summed E-state index contributed by atoms with van der Waals surface area (Å²) in [5, 5.41) is 3.96. The van der Waals surface area contributed by atoms with Crippen LogP contribution in [0.5, 0.6) is 0 Å². The number of alkyl halides is 1. The van der Waals surface area contributed by atoms with E-state index >= 15 is 0 Å². The largest absolute Gasteiger partial charge is 0.337 e. The van der Waals surface area contributed by atoms with Gasteiger partial charge in [0.05, 0.1) is 5.02 Å². The van der Waals surface area contributed by atoms with E-state index in [2.05, 4.69) is 15.1 Å². The van der Waals surface area contributed by atoms with Crippen LogP contribution in [-0.4, -0.2) is 15.1 Å². The summed E-state index contributed by atoms with van der Waals surface area (Å²) in [6.45, 7) is 0. The molecule has 3 aromatic rings. The van der Waals surface area contributed by atoms with E-state index in [1.807, 2.05) is 30.3 Å². The van der Waals surface area contributed by atoms with Crippen molar-refractivity contribution in [1.82, 2.24) is 15.1 Å². The predicted octanol–water partition coefficient (Wildman–Crippen LogP) is 4.11.